The normalized spacial score (nSPS) is 12.2. The number of hydrogen-bond acceptors (Lipinski definition) is 2. The van der Waals surface area contributed by atoms with Gasteiger partial charge in [0.2, 0.25) is 5.82 Å². The van der Waals surface area contributed by atoms with Gasteiger partial charge < -0.3 is 0 Å². The fourth-order valence-electron chi connectivity index (χ4n) is 0.674. The highest BCUT2D eigenvalue weighted by Crippen LogP contribution is 2.29. The van der Waals surface area contributed by atoms with E-state index < -0.39 is 29.3 Å². The first-order chi connectivity index (χ1) is 6.30. The maximum atomic E-state index is 12.0. The zero-order chi connectivity index (χ0) is 10.9. The molecule has 0 aliphatic carbocycles. The molecule has 0 aliphatic heterocycles. The standard InChI is InChI=1S/C6H2ClF5N2/c7-3-1-2(4(8)9)13-5(14-3)6(10,11)12/h1,4H. The van der Waals surface area contributed by atoms with E-state index in [0.29, 0.717) is 6.07 Å². The van der Waals surface area contributed by atoms with Crippen molar-refractivity contribution in [3.63, 3.8) is 0 Å². The summed E-state index contributed by atoms with van der Waals surface area (Å²) in [6.07, 6.45) is -7.99. The maximum absolute atomic E-state index is 12.0. The summed E-state index contributed by atoms with van der Waals surface area (Å²) in [5.41, 5.74) is -1.04. The Kier molecular flexibility index (Phi) is 2.89. The Bertz CT molecular complexity index is 337. The summed E-state index contributed by atoms with van der Waals surface area (Å²) in [6, 6.07) is 0.585. The van der Waals surface area contributed by atoms with E-state index in [1.807, 2.05) is 0 Å². The average Bonchev–Trinajstić information content (AvgIpc) is 2.01. The number of hydrogen-bond donors (Lipinski definition) is 0. The Morgan fingerprint density at radius 1 is 1.21 bits per heavy atom. The van der Waals surface area contributed by atoms with E-state index in [2.05, 4.69) is 9.97 Å². The van der Waals surface area contributed by atoms with Crippen molar-refractivity contribution in [3.05, 3.63) is 22.7 Å². The molecule has 0 amide bonds. The van der Waals surface area contributed by atoms with Gasteiger partial charge in [0.25, 0.3) is 6.43 Å². The molecular weight excluding hydrogens is 231 g/mol. The van der Waals surface area contributed by atoms with Gasteiger partial charge in [0, 0.05) is 6.07 Å². The lowest BCUT2D eigenvalue weighted by molar-refractivity contribution is -0.145. The van der Waals surface area contributed by atoms with Crippen molar-refractivity contribution in [3.8, 4) is 0 Å². The molecule has 0 fully saturated rings. The van der Waals surface area contributed by atoms with Gasteiger partial charge >= 0.3 is 6.18 Å². The molecule has 0 radical (unpaired) electrons. The van der Waals surface area contributed by atoms with Gasteiger partial charge in [-0.2, -0.15) is 13.2 Å². The third-order valence-corrected chi connectivity index (χ3v) is 1.39. The van der Waals surface area contributed by atoms with E-state index in [4.69, 9.17) is 11.6 Å². The number of halogens is 6. The maximum Gasteiger partial charge on any atom is 0.451 e. The van der Waals surface area contributed by atoms with Crippen LogP contribution in [0.1, 0.15) is 17.9 Å². The second-order valence-electron chi connectivity index (χ2n) is 2.24. The zero-order valence-corrected chi connectivity index (χ0v) is 7.07. The second kappa shape index (κ2) is 3.64. The molecule has 1 heterocycles. The molecule has 14 heavy (non-hydrogen) atoms. The van der Waals surface area contributed by atoms with E-state index >= 15 is 0 Å². The van der Waals surface area contributed by atoms with Crippen LogP contribution in [0, 0.1) is 0 Å². The molecule has 78 valence electrons. The molecule has 0 unspecified atom stereocenters. The second-order valence-corrected chi connectivity index (χ2v) is 2.62. The van der Waals surface area contributed by atoms with E-state index in [1.54, 1.807) is 0 Å². The van der Waals surface area contributed by atoms with Crippen LogP contribution in [0.2, 0.25) is 5.15 Å². The van der Waals surface area contributed by atoms with Gasteiger partial charge in [-0.1, -0.05) is 11.6 Å². The Balaban J connectivity index is 3.21. The van der Waals surface area contributed by atoms with E-state index in [-0.39, 0.29) is 0 Å². The average molecular weight is 233 g/mol. The predicted octanol–water partition coefficient (Wildman–Crippen LogP) is 3.09. The van der Waals surface area contributed by atoms with Crippen molar-refractivity contribution in [2.75, 3.05) is 0 Å². The summed E-state index contributed by atoms with van der Waals surface area (Å²) in [6.45, 7) is 0. The largest absolute Gasteiger partial charge is 0.451 e. The van der Waals surface area contributed by atoms with Gasteiger partial charge in [0.05, 0.1) is 0 Å². The summed E-state index contributed by atoms with van der Waals surface area (Å²) < 4.78 is 59.9. The molecular formula is C6H2ClF5N2. The van der Waals surface area contributed by atoms with Gasteiger partial charge in [-0.05, 0) is 0 Å². The van der Waals surface area contributed by atoms with Crippen LogP contribution < -0.4 is 0 Å². The van der Waals surface area contributed by atoms with Crippen LogP contribution >= 0.6 is 11.6 Å². The van der Waals surface area contributed by atoms with E-state index in [9.17, 15) is 22.0 Å². The zero-order valence-electron chi connectivity index (χ0n) is 6.32. The molecule has 2 nitrogen and oxygen atoms in total. The highest BCUT2D eigenvalue weighted by Gasteiger charge is 2.35. The smallest absolute Gasteiger partial charge is 0.223 e. The van der Waals surface area contributed by atoms with Crippen molar-refractivity contribution in [1.29, 1.82) is 0 Å². The summed E-state index contributed by atoms with van der Waals surface area (Å²) in [5, 5.41) is -0.664. The van der Waals surface area contributed by atoms with Gasteiger partial charge in [-0.3, -0.25) is 0 Å². The quantitative estimate of drug-likeness (QED) is 0.549. The van der Waals surface area contributed by atoms with Crippen LogP contribution in [0.4, 0.5) is 22.0 Å². The van der Waals surface area contributed by atoms with Crippen LogP contribution in [0.15, 0.2) is 6.07 Å². The minimum absolute atomic E-state index is 0.585. The van der Waals surface area contributed by atoms with Crippen molar-refractivity contribution in [2.24, 2.45) is 0 Å². The molecule has 0 aromatic carbocycles. The first-order valence-electron chi connectivity index (χ1n) is 3.20. The highest BCUT2D eigenvalue weighted by atomic mass is 35.5. The number of nitrogens with zero attached hydrogens (tertiary/aromatic N) is 2. The van der Waals surface area contributed by atoms with Gasteiger partial charge in [-0.25, -0.2) is 18.7 Å². The van der Waals surface area contributed by atoms with E-state index in [0.717, 1.165) is 0 Å². The third-order valence-electron chi connectivity index (χ3n) is 1.19. The first kappa shape index (κ1) is 11.1. The van der Waals surface area contributed by atoms with Crippen molar-refractivity contribution in [2.45, 2.75) is 12.6 Å². The minimum atomic E-state index is -4.88. The fourth-order valence-corrected chi connectivity index (χ4v) is 0.865. The predicted molar refractivity (Wildman–Crippen MR) is 37.0 cm³/mol. The van der Waals surface area contributed by atoms with Crippen LogP contribution in [-0.2, 0) is 6.18 Å². The van der Waals surface area contributed by atoms with Crippen molar-refractivity contribution < 1.29 is 22.0 Å². The molecule has 0 atom stereocenters. The summed E-state index contributed by atoms with van der Waals surface area (Å²) in [5.74, 6) is -1.67. The highest BCUT2D eigenvalue weighted by molar-refractivity contribution is 6.29. The molecule has 0 spiro atoms. The van der Waals surface area contributed by atoms with Crippen molar-refractivity contribution >= 4 is 11.6 Å². The van der Waals surface area contributed by atoms with Crippen LogP contribution in [0.3, 0.4) is 0 Å². The van der Waals surface area contributed by atoms with Crippen LogP contribution in [0.25, 0.3) is 0 Å². The summed E-state index contributed by atoms with van der Waals surface area (Å²) >= 11 is 5.12. The van der Waals surface area contributed by atoms with E-state index in [1.165, 1.54) is 0 Å². The molecule has 8 heteroatoms. The Labute approximate surface area is 79.7 Å². The summed E-state index contributed by atoms with van der Waals surface area (Å²) in [7, 11) is 0. The SMILES string of the molecule is FC(F)c1cc(Cl)nc(C(F)(F)F)n1. The minimum Gasteiger partial charge on any atom is -0.223 e. The van der Waals surface area contributed by atoms with Crippen LogP contribution in [-0.4, -0.2) is 9.97 Å². The topological polar surface area (TPSA) is 25.8 Å². The molecule has 1 rings (SSSR count). The molecule has 0 N–H and O–H groups in total. The lowest BCUT2D eigenvalue weighted by atomic mass is 10.4. The molecule has 0 bridgehead atoms. The Morgan fingerprint density at radius 2 is 1.79 bits per heavy atom. The molecule has 0 aliphatic rings. The number of alkyl halides is 5. The van der Waals surface area contributed by atoms with Gasteiger partial charge in [0.15, 0.2) is 0 Å². The lowest BCUT2D eigenvalue weighted by Gasteiger charge is -2.06. The Morgan fingerprint density at radius 3 is 2.21 bits per heavy atom. The van der Waals surface area contributed by atoms with Gasteiger partial charge in [0.1, 0.15) is 10.8 Å². The number of rotatable bonds is 1. The lowest BCUT2D eigenvalue weighted by Crippen LogP contribution is -2.12. The van der Waals surface area contributed by atoms with Crippen molar-refractivity contribution in [1.82, 2.24) is 9.97 Å². The molecule has 1 aromatic heterocycles. The molecule has 1 aromatic rings. The van der Waals surface area contributed by atoms with Gasteiger partial charge in [-0.15, -0.1) is 0 Å². The molecule has 0 saturated heterocycles. The fraction of sp³-hybridized carbons (Fsp3) is 0.333. The first-order valence-corrected chi connectivity index (χ1v) is 3.58. The summed E-state index contributed by atoms with van der Waals surface area (Å²) in [4.78, 5) is 5.42. The third kappa shape index (κ3) is 2.50. The number of aromatic nitrogens is 2. The Hall–Kier alpha value is -0.980. The van der Waals surface area contributed by atoms with Crippen LogP contribution in [0.5, 0.6) is 0 Å². The monoisotopic (exact) mass is 232 g/mol. The molecule has 0 saturated carbocycles.